The van der Waals surface area contributed by atoms with E-state index >= 15 is 0 Å². The molecule has 0 aromatic heterocycles. The Morgan fingerprint density at radius 1 is 0.900 bits per heavy atom. The topological polar surface area (TPSA) is 17.1 Å². The Morgan fingerprint density at radius 2 is 1.65 bits per heavy atom. The van der Waals surface area contributed by atoms with Crippen molar-refractivity contribution in [3.05, 3.63) is 59.2 Å². The minimum atomic E-state index is 0.462. The largest absolute Gasteiger partial charge is 0.298 e. The number of aldehydes is 1. The van der Waals surface area contributed by atoms with E-state index in [1.54, 1.807) is 0 Å². The zero-order valence-electron chi connectivity index (χ0n) is 12.7. The highest BCUT2D eigenvalue weighted by atomic mass is 16.1. The van der Waals surface area contributed by atoms with E-state index in [-0.39, 0.29) is 0 Å². The van der Waals surface area contributed by atoms with Crippen molar-refractivity contribution in [3.63, 3.8) is 0 Å². The molecule has 0 saturated heterocycles. The molecule has 0 spiro atoms. The summed E-state index contributed by atoms with van der Waals surface area (Å²) in [6.07, 6.45) is 0.904. The van der Waals surface area contributed by atoms with Gasteiger partial charge in [0, 0.05) is 5.56 Å². The highest BCUT2D eigenvalue weighted by molar-refractivity contribution is 5.79. The van der Waals surface area contributed by atoms with Crippen molar-refractivity contribution in [1.82, 2.24) is 0 Å². The lowest BCUT2D eigenvalue weighted by Gasteiger charge is -2.17. The molecule has 2 rings (SSSR count). The Balaban J connectivity index is 2.57. The van der Waals surface area contributed by atoms with E-state index in [1.807, 2.05) is 18.2 Å². The van der Waals surface area contributed by atoms with E-state index in [9.17, 15) is 4.79 Å². The first kappa shape index (κ1) is 14.5. The molecule has 0 unspecified atom stereocenters. The lowest BCUT2D eigenvalue weighted by molar-refractivity contribution is 0.112. The van der Waals surface area contributed by atoms with E-state index in [2.05, 4.69) is 52.0 Å². The molecule has 104 valence electrons. The highest BCUT2D eigenvalue weighted by Gasteiger charge is 2.11. The zero-order valence-corrected chi connectivity index (χ0v) is 12.7. The van der Waals surface area contributed by atoms with Gasteiger partial charge in [0.25, 0.3) is 0 Å². The molecule has 0 aliphatic heterocycles. The average Bonchev–Trinajstić information content (AvgIpc) is 2.46. The van der Waals surface area contributed by atoms with E-state index in [0.29, 0.717) is 11.8 Å². The van der Waals surface area contributed by atoms with Crippen molar-refractivity contribution in [1.29, 1.82) is 0 Å². The fourth-order valence-corrected chi connectivity index (χ4v) is 2.46. The molecule has 20 heavy (non-hydrogen) atoms. The molecule has 1 heteroatoms. The van der Waals surface area contributed by atoms with Crippen LogP contribution in [0.25, 0.3) is 11.1 Å². The Kier molecular flexibility index (Phi) is 4.39. The molecule has 0 bridgehead atoms. The number of benzene rings is 2. The van der Waals surface area contributed by atoms with Crippen LogP contribution in [0.2, 0.25) is 0 Å². The third kappa shape index (κ3) is 2.98. The van der Waals surface area contributed by atoms with Crippen LogP contribution in [-0.4, -0.2) is 6.29 Å². The van der Waals surface area contributed by atoms with Crippen LogP contribution in [0, 0.1) is 0 Å². The third-order valence-corrected chi connectivity index (χ3v) is 3.70. The minimum Gasteiger partial charge on any atom is -0.298 e. The fraction of sp³-hybridized carbons (Fsp3) is 0.316. The van der Waals surface area contributed by atoms with Gasteiger partial charge in [-0.2, -0.15) is 0 Å². The van der Waals surface area contributed by atoms with Crippen LogP contribution in [0.5, 0.6) is 0 Å². The second kappa shape index (κ2) is 6.04. The lowest BCUT2D eigenvalue weighted by atomic mass is 9.88. The van der Waals surface area contributed by atoms with Gasteiger partial charge in [0.15, 0.2) is 0 Å². The van der Waals surface area contributed by atoms with Crippen molar-refractivity contribution >= 4 is 6.29 Å². The van der Waals surface area contributed by atoms with Crippen LogP contribution in [0.3, 0.4) is 0 Å². The minimum absolute atomic E-state index is 0.462. The van der Waals surface area contributed by atoms with Gasteiger partial charge in [-0.25, -0.2) is 0 Å². The summed E-state index contributed by atoms with van der Waals surface area (Å²) < 4.78 is 0. The van der Waals surface area contributed by atoms with E-state index < -0.39 is 0 Å². The lowest BCUT2D eigenvalue weighted by Crippen LogP contribution is -1.97. The first-order valence-corrected chi connectivity index (χ1v) is 7.22. The Hall–Kier alpha value is -1.89. The summed E-state index contributed by atoms with van der Waals surface area (Å²) in [5, 5.41) is 0. The van der Waals surface area contributed by atoms with Crippen LogP contribution >= 0.6 is 0 Å². The molecule has 2 aromatic rings. The fourth-order valence-electron chi connectivity index (χ4n) is 2.46. The monoisotopic (exact) mass is 266 g/mol. The molecule has 0 N–H and O–H groups in total. The zero-order chi connectivity index (χ0) is 14.7. The van der Waals surface area contributed by atoms with Gasteiger partial charge >= 0.3 is 0 Å². The Labute approximate surface area is 121 Å². The average molecular weight is 266 g/mol. The molecule has 0 fully saturated rings. The molecule has 0 heterocycles. The van der Waals surface area contributed by atoms with Gasteiger partial charge in [-0.3, -0.25) is 4.79 Å². The van der Waals surface area contributed by atoms with Crippen molar-refractivity contribution < 1.29 is 4.79 Å². The number of hydrogen-bond donors (Lipinski definition) is 0. The van der Waals surface area contributed by atoms with E-state index in [4.69, 9.17) is 0 Å². The summed E-state index contributed by atoms with van der Waals surface area (Å²) in [6.45, 7) is 8.86. The predicted molar refractivity (Wildman–Crippen MR) is 85.4 cm³/mol. The van der Waals surface area contributed by atoms with Crippen LogP contribution in [-0.2, 0) is 0 Å². The molecule has 0 saturated carbocycles. The van der Waals surface area contributed by atoms with Gasteiger partial charge in [-0.15, -0.1) is 0 Å². The molecular weight excluding hydrogens is 244 g/mol. The van der Waals surface area contributed by atoms with Gasteiger partial charge in [0.05, 0.1) is 0 Å². The van der Waals surface area contributed by atoms with Gasteiger partial charge < -0.3 is 0 Å². The molecule has 0 radical (unpaired) electrons. The summed E-state index contributed by atoms with van der Waals surface area (Å²) in [5.74, 6) is 0.992. The summed E-state index contributed by atoms with van der Waals surface area (Å²) in [6, 6.07) is 14.5. The number of rotatable bonds is 4. The normalized spacial score (nSPS) is 11.1. The maximum Gasteiger partial charge on any atom is 0.150 e. The summed E-state index contributed by atoms with van der Waals surface area (Å²) >= 11 is 0. The van der Waals surface area contributed by atoms with Gasteiger partial charge in [0.1, 0.15) is 6.29 Å². The summed E-state index contributed by atoms with van der Waals surface area (Å²) in [4.78, 5) is 11.0. The van der Waals surface area contributed by atoms with E-state index in [1.165, 1.54) is 16.7 Å². The van der Waals surface area contributed by atoms with Crippen molar-refractivity contribution in [2.45, 2.75) is 39.5 Å². The van der Waals surface area contributed by atoms with Gasteiger partial charge in [-0.1, -0.05) is 64.1 Å². The van der Waals surface area contributed by atoms with Crippen LogP contribution in [0.1, 0.15) is 61.0 Å². The number of carbonyl (C=O) groups is 1. The van der Waals surface area contributed by atoms with Gasteiger partial charge in [-0.05, 0) is 40.2 Å². The summed E-state index contributed by atoms with van der Waals surface area (Å²) in [7, 11) is 0. The molecular formula is C19H22O. The predicted octanol–water partition coefficient (Wildman–Crippen LogP) is 5.41. The standard InChI is InChI=1S/C19H22O/c1-13(2)16-8-9-18(19(11-16)14(3)4)17-7-5-6-15(10-17)12-20/h5-14H,1-4H3. The Bertz CT molecular complexity index is 609. The maximum absolute atomic E-state index is 11.0. The molecule has 0 aliphatic carbocycles. The van der Waals surface area contributed by atoms with Crippen molar-refractivity contribution in [2.24, 2.45) is 0 Å². The van der Waals surface area contributed by atoms with Crippen LogP contribution in [0.15, 0.2) is 42.5 Å². The third-order valence-electron chi connectivity index (χ3n) is 3.70. The van der Waals surface area contributed by atoms with Crippen molar-refractivity contribution in [2.75, 3.05) is 0 Å². The second-order valence-electron chi connectivity index (χ2n) is 5.90. The first-order valence-electron chi connectivity index (χ1n) is 7.22. The Morgan fingerprint density at radius 3 is 2.25 bits per heavy atom. The van der Waals surface area contributed by atoms with Crippen LogP contribution in [0.4, 0.5) is 0 Å². The molecule has 0 aliphatic rings. The number of hydrogen-bond acceptors (Lipinski definition) is 1. The van der Waals surface area contributed by atoms with Crippen molar-refractivity contribution in [3.8, 4) is 11.1 Å². The highest BCUT2D eigenvalue weighted by Crippen LogP contribution is 2.32. The molecule has 0 atom stereocenters. The molecule has 1 nitrogen and oxygen atoms in total. The maximum atomic E-state index is 11.0. The second-order valence-corrected chi connectivity index (χ2v) is 5.90. The van der Waals surface area contributed by atoms with Gasteiger partial charge in [0.2, 0.25) is 0 Å². The number of carbonyl (C=O) groups excluding carboxylic acids is 1. The molecule has 0 amide bonds. The van der Waals surface area contributed by atoms with Crippen LogP contribution < -0.4 is 0 Å². The summed E-state index contributed by atoms with van der Waals surface area (Å²) in [5.41, 5.74) is 5.79. The smallest absolute Gasteiger partial charge is 0.150 e. The quantitative estimate of drug-likeness (QED) is 0.676. The first-order chi connectivity index (χ1) is 9.52. The SMILES string of the molecule is CC(C)c1ccc(-c2cccc(C=O)c2)c(C(C)C)c1. The molecule has 2 aromatic carbocycles. The van der Waals surface area contributed by atoms with E-state index in [0.717, 1.165) is 17.4 Å².